The molecule has 0 saturated carbocycles. The Hall–Kier alpha value is -2.47. The van der Waals surface area contributed by atoms with Crippen molar-refractivity contribution in [2.45, 2.75) is 18.9 Å². The molecule has 22 heavy (non-hydrogen) atoms. The van der Waals surface area contributed by atoms with Crippen LogP contribution in [0.1, 0.15) is 22.8 Å². The molecule has 2 aromatic carbocycles. The maximum atomic E-state index is 12.1. The van der Waals surface area contributed by atoms with E-state index in [1.165, 1.54) is 13.2 Å². The van der Waals surface area contributed by atoms with Crippen LogP contribution in [0.25, 0.3) is 10.8 Å². The Balaban J connectivity index is 2.34. The monoisotopic (exact) mass is 304 g/mol. The summed E-state index contributed by atoms with van der Waals surface area (Å²) in [6.45, 7) is 1.39. The van der Waals surface area contributed by atoms with Crippen LogP contribution in [0.4, 0.5) is 0 Å². The Labute approximate surface area is 126 Å². The minimum atomic E-state index is -1.22. The van der Waals surface area contributed by atoms with Gasteiger partial charge in [0.1, 0.15) is 29.4 Å². The van der Waals surface area contributed by atoms with Crippen molar-refractivity contribution < 1.29 is 29.6 Å². The van der Waals surface area contributed by atoms with Gasteiger partial charge in [0.2, 0.25) is 0 Å². The van der Waals surface area contributed by atoms with Gasteiger partial charge in [0, 0.05) is 12.5 Å². The molecule has 1 aliphatic rings. The number of esters is 1. The molecule has 1 unspecified atom stereocenters. The topological polar surface area (TPSA) is 96.2 Å². The molecule has 1 heterocycles. The van der Waals surface area contributed by atoms with Crippen molar-refractivity contribution >= 4 is 16.7 Å². The lowest BCUT2D eigenvalue weighted by molar-refractivity contribution is -0.0156. The van der Waals surface area contributed by atoms with E-state index in [1.807, 2.05) is 0 Å². The highest BCUT2D eigenvalue weighted by Crippen LogP contribution is 2.41. The zero-order valence-corrected chi connectivity index (χ0v) is 12.2. The van der Waals surface area contributed by atoms with Gasteiger partial charge in [0.15, 0.2) is 0 Å². The predicted octanol–water partition coefficient (Wildman–Crippen LogP) is 1.72. The van der Waals surface area contributed by atoms with Crippen LogP contribution < -0.4 is 4.74 Å². The summed E-state index contributed by atoms with van der Waals surface area (Å²) in [6, 6.07) is 4.64. The van der Waals surface area contributed by atoms with E-state index in [4.69, 9.17) is 9.47 Å². The van der Waals surface area contributed by atoms with Gasteiger partial charge in [-0.25, -0.2) is 4.79 Å². The second kappa shape index (κ2) is 4.78. The Morgan fingerprint density at radius 2 is 2.00 bits per heavy atom. The third-order valence-electron chi connectivity index (χ3n) is 3.77. The van der Waals surface area contributed by atoms with Gasteiger partial charge < -0.3 is 24.8 Å². The third kappa shape index (κ3) is 2.21. The van der Waals surface area contributed by atoms with Gasteiger partial charge >= 0.3 is 5.97 Å². The quantitative estimate of drug-likeness (QED) is 0.694. The fourth-order valence-electron chi connectivity index (χ4n) is 2.77. The summed E-state index contributed by atoms with van der Waals surface area (Å²) < 4.78 is 10.1. The number of phenols is 2. The standard InChI is InChI=1S/C16H16O6/c1-16(20)6-9-3-8-4-10(21-2)5-11(17)12(8)14(18)13(9)15(19)22-7-16/h3-5,17-18,20H,6-7H2,1-2H3. The molecule has 1 atom stereocenters. The van der Waals surface area contributed by atoms with Gasteiger partial charge in [-0.2, -0.15) is 0 Å². The minimum Gasteiger partial charge on any atom is -0.507 e. The molecule has 0 amide bonds. The molecule has 6 heteroatoms. The summed E-state index contributed by atoms with van der Waals surface area (Å²) in [5, 5.41) is 31.4. The van der Waals surface area contributed by atoms with Crippen molar-refractivity contribution in [2.24, 2.45) is 0 Å². The Morgan fingerprint density at radius 3 is 2.68 bits per heavy atom. The van der Waals surface area contributed by atoms with Crippen LogP contribution in [0.3, 0.4) is 0 Å². The zero-order valence-electron chi connectivity index (χ0n) is 12.2. The van der Waals surface area contributed by atoms with Crippen molar-refractivity contribution in [2.75, 3.05) is 13.7 Å². The number of fused-ring (bicyclic) bond motifs is 2. The number of ether oxygens (including phenoxy) is 2. The van der Waals surface area contributed by atoms with Crippen molar-refractivity contribution in [3.63, 3.8) is 0 Å². The van der Waals surface area contributed by atoms with Crippen LogP contribution in [0, 0.1) is 0 Å². The number of carbonyl (C=O) groups excluding carboxylic acids is 1. The molecule has 0 saturated heterocycles. The molecule has 3 N–H and O–H groups in total. The molecule has 0 bridgehead atoms. The van der Waals surface area contributed by atoms with Gasteiger partial charge in [0.05, 0.1) is 18.1 Å². The van der Waals surface area contributed by atoms with Crippen molar-refractivity contribution in [1.29, 1.82) is 0 Å². The largest absolute Gasteiger partial charge is 0.507 e. The third-order valence-corrected chi connectivity index (χ3v) is 3.77. The number of carbonyl (C=O) groups is 1. The van der Waals surface area contributed by atoms with Crippen LogP contribution in [-0.4, -0.2) is 40.6 Å². The average Bonchev–Trinajstić information content (AvgIpc) is 2.54. The highest BCUT2D eigenvalue weighted by Gasteiger charge is 2.33. The van der Waals surface area contributed by atoms with E-state index < -0.39 is 11.6 Å². The lowest BCUT2D eigenvalue weighted by Crippen LogP contribution is -2.32. The van der Waals surface area contributed by atoms with E-state index in [0.717, 1.165) is 0 Å². The maximum absolute atomic E-state index is 12.1. The summed E-state index contributed by atoms with van der Waals surface area (Å²) in [5.74, 6) is -0.844. The molecular formula is C16H16O6. The van der Waals surface area contributed by atoms with E-state index in [9.17, 15) is 20.1 Å². The summed E-state index contributed by atoms with van der Waals surface area (Å²) in [5.41, 5.74) is -0.780. The first kappa shape index (κ1) is 14.5. The number of rotatable bonds is 1. The predicted molar refractivity (Wildman–Crippen MR) is 78.4 cm³/mol. The smallest absolute Gasteiger partial charge is 0.342 e. The second-order valence-corrected chi connectivity index (χ2v) is 5.75. The molecule has 2 aromatic rings. The van der Waals surface area contributed by atoms with E-state index in [-0.39, 0.29) is 35.5 Å². The van der Waals surface area contributed by atoms with Crippen molar-refractivity contribution in [3.8, 4) is 17.2 Å². The molecule has 6 nitrogen and oxygen atoms in total. The summed E-state index contributed by atoms with van der Waals surface area (Å²) in [4.78, 5) is 12.1. The summed E-state index contributed by atoms with van der Waals surface area (Å²) >= 11 is 0. The molecule has 1 aliphatic heterocycles. The molecule has 0 radical (unpaired) electrons. The molecule has 3 rings (SSSR count). The van der Waals surface area contributed by atoms with Crippen LogP contribution in [0.5, 0.6) is 17.2 Å². The van der Waals surface area contributed by atoms with Crippen LogP contribution >= 0.6 is 0 Å². The first-order valence-electron chi connectivity index (χ1n) is 6.77. The number of hydrogen-bond donors (Lipinski definition) is 3. The fraction of sp³-hybridized carbons (Fsp3) is 0.312. The fourth-order valence-corrected chi connectivity index (χ4v) is 2.77. The molecule has 0 fully saturated rings. The first-order chi connectivity index (χ1) is 10.3. The maximum Gasteiger partial charge on any atom is 0.342 e. The van der Waals surface area contributed by atoms with Gasteiger partial charge in [0.25, 0.3) is 0 Å². The number of aromatic hydroxyl groups is 2. The SMILES string of the molecule is COc1cc(O)c2c(O)c3c(cc2c1)CC(C)(O)COC3=O. The minimum absolute atomic E-state index is 0.0225. The zero-order chi connectivity index (χ0) is 16.1. The number of benzene rings is 2. The summed E-state index contributed by atoms with van der Waals surface area (Å²) in [7, 11) is 1.46. The lowest BCUT2D eigenvalue weighted by Gasteiger charge is -2.19. The first-order valence-corrected chi connectivity index (χ1v) is 6.77. The second-order valence-electron chi connectivity index (χ2n) is 5.75. The van der Waals surface area contributed by atoms with Gasteiger partial charge in [-0.1, -0.05) is 0 Å². The number of hydrogen-bond acceptors (Lipinski definition) is 6. The van der Waals surface area contributed by atoms with Crippen molar-refractivity contribution in [1.82, 2.24) is 0 Å². The number of phenolic OH excluding ortho intramolecular Hbond substituents is 2. The highest BCUT2D eigenvalue weighted by molar-refractivity contribution is 6.05. The van der Waals surface area contributed by atoms with E-state index in [1.54, 1.807) is 19.1 Å². The molecule has 0 aliphatic carbocycles. The normalized spacial score (nSPS) is 21.1. The Bertz CT molecular complexity index is 778. The molecule has 116 valence electrons. The van der Waals surface area contributed by atoms with E-state index in [2.05, 4.69) is 0 Å². The molecule has 0 aromatic heterocycles. The number of methoxy groups -OCH3 is 1. The van der Waals surface area contributed by atoms with Crippen LogP contribution in [-0.2, 0) is 11.2 Å². The van der Waals surface area contributed by atoms with Gasteiger partial charge in [-0.15, -0.1) is 0 Å². The average molecular weight is 304 g/mol. The van der Waals surface area contributed by atoms with E-state index >= 15 is 0 Å². The Kier molecular flexibility index (Phi) is 3.14. The number of aliphatic hydroxyl groups is 1. The summed E-state index contributed by atoms with van der Waals surface area (Å²) in [6.07, 6.45) is 0.148. The van der Waals surface area contributed by atoms with Crippen molar-refractivity contribution in [3.05, 3.63) is 29.3 Å². The van der Waals surface area contributed by atoms with Gasteiger partial charge in [-0.3, -0.25) is 0 Å². The van der Waals surface area contributed by atoms with Crippen LogP contribution in [0.2, 0.25) is 0 Å². The van der Waals surface area contributed by atoms with Gasteiger partial charge in [-0.05, 0) is 30.0 Å². The number of cyclic esters (lactones) is 1. The van der Waals surface area contributed by atoms with E-state index in [0.29, 0.717) is 16.7 Å². The Morgan fingerprint density at radius 1 is 1.27 bits per heavy atom. The molecule has 0 spiro atoms. The molecular weight excluding hydrogens is 288 g/mol. The van der Waals surface area contributed by atoms with Crippen LogP contribution in [0.15, 0.2) is 18.2 Å². The highest BCUT2D eigenvalue weighted by atomic mass is 16.5. The lowest BCUT2D eigenvalue weighted by atomic mass is 9.91.